The first kappa shape index (κ1) is 25.4. The van der Waals surface area contributed by atoms with E-state index in [0.717, 1.165) is 36.6 Å². The smallest absolute Gasteiger partial charge is 0.253 e. The van der Waals surface area contributed by atoms with E-state index in [1.807, 2.05) is 54.3 Å². The van der Waals surface area contributed by atoms with Gasteiger partial charge in [0.05, 0.1) is 0 Å². The molecule has 29 heavy (non-hydrogen) atoms. The van der Waals surface area contributed by atoms with Crippen LogP contribution in [0.5, 0.6) is 0 Å². The number of aryl methyl sites for hydroxylation is 1. The maximum Gasteiger partial charge on any atom is 0.253 e. The highest BCUT2D eigenvalue weighted by atomic mass is 127. The zero-order valence-electron chi connectivity index (χ0n) is 18.0. The Morgan fingerprint density at radius 3 is 2.31 bits per heavy atom. The lowest BCUT2D eigenvalue weighted by Gasteiger charge is -2.19. The molecule has 7 heteroatoms. The lowest BCUT2D eigenvalue weighted by molar-refractivity contribution is 0.0773. The second-order valence-electron chi connectivity index (χ2n) is 6.86. The van der Waals surface area contributed by atoms with Gasteiger partial charge in [-0.25, -0.2) is 0 Å². The summed E-state index contributed by atoms with van der Waals surface area (Å²) in [6.45, 7) is 10.4. The van der Waals surface area contributed by atoms with Crippen LogP contribution in [0.15, 0.2) is 41.4 Å². The monoisotopic (exact) mass is 528 g/mol. The number of nitrogens with one attached hydrogen (secondary N) is 2. The van der Waals surface area contributed by atoms with Gasteiger partial charge in [-0.3, -0.25) is 9.79 Å². The van der Waals surface area contributed by atoms with Gasteiger partial charge in [0.2, 0.25) is 0 Å². The quantitative estimate of drug-likeness (QED) is 0.303. The Bertz CT molecular complexity index is 784. The summed E-state index contributed by atoms with van der Waals surface area (Å²) in [6.07, 6.45) is 0.974. The summed E-state index contributed by atoms with van der Waals surface area (Å²) in [5.41, 5.74) is 1.84. The van der Waals surface area contributed by atoms with Gasteiger partial charge in [-0.1, -0.05) is 12.1 Å². The lowest BCUT2D eigenvalue weighted by atomic mass is 10.1. The fourth-order valence-corrected chi connectivity index (χ4v) is 4.04. The van der Waals surface area contributed by atoms with Gasteiger partial charge in [0, 0.05) is 54.5 Å². The van der Waals surface area contributed by atoms with Crippen LogP contribution in [0.1, 0.15) is 46.4 Å². The van der Waals surface area contributed by atoms with Crippen molar-refractivity contribution in [2.75, 3.05) is 20.1 Å². The Labute approximate surface area is 196 Å². The molecule has 0 saturated heterocycles. The largest absolute Gasteiger partial charge is 0.354 e. The summed E-state index contributed by atoms with van der Waals surface area (Å²) >= 11 is 1.84. The van der Waals surface area contributed by atoms with Crippen LogP contribution in [0, 0.1) is 6.92 Å². The molecule has 1 unspecified atom stereocenters. The Morgan fingerprint density at radius 2 is 1.79 bits per heavy atom. The average Bonchev–Trinajstić information content (AvgIpc) is 3.10. The summed E-state index contributed by atoms with van der Waals surface area (Å²) in [4.78, 5) is 21.2. The van der Waals surface area contributed by atoms with E-state index in [2.05, 4.69) is 41.6 Å². The number of benzene rings is 1. The number of hydrogen-bond donors (Lipinski definition) is 2. The van der Waals surface area contributed by atoms with Crippen molar-refractivity contribution in [2.45, 2.75) is 46.7 Å². The molecule has 160 valence electrons. The standard InChI is InChI=1S/C22H32N4OS.HI/c1-6-26(7-2)21(27)19-11-9-18(10-12-19)15-24-22(23-5)25-16(3)14-20-13-8-17(4)28-20;/h8-13,16H,6-7,14-15H2,1-5H3,(H2,23,24,25);1H. The van der Waals surface area contributed by atoms with Crippen molar-refractivity contribution in [1.29, 1.82) is 0 Å². The van der Waals surface area contributed by atoms with Gasteiger partial charge in [0.25, 0.3) is 5.91 Å². The van der Waals surface area contributed by atoms with Gasteiger partial charge in [0.15, 0.2) is 5.96 Å². The summed E-state index contributed by atoms with van der Waals surface area (Å²) in [6, 6.07) is 12.4. The molecule has 2 N–H and O–H groups in total. The van der Waals surface area contributed by atoms with Gasteiger partial charge in [-0.2, -0.15) is 0 Å². The molecule has 1 amide bonds. The molecule has 2 aromatic rings. The van der Waals surface area contributed by atoms with E-state index in [4.69, 9.17) is 0 Å². The number of amides is 1. The van der Waals surface area contributed by atoms with Crippen molar-refractivity contribution in [3.8, 4) is 0 Å². The molecule has 0 saturated carbocycles. The third-order valence-corrected chi connectivity index (χ3v) is 5.64. The van der Waals surface area contributed by atoms with Gasteiger partial charge < -0.3 is 15.5 Å². The molecule has 0 spiro atoms. The zero-order valence-corrected chi connectivity index (χ0v) is 21.1. The summed E-state index contributed by atoms with van der Waals surface area (Å²) in [7, 11) is 1.78. The second kappa shape index (κ2) is 12.8. The van der Waals surface area contributed by atoms with Crippen molar-refractivity contribution in [3.63, 3.8) is 0 Å². The summed E-state index contributed by atoms with van der Waals surface area (Å²) < 4.78 is 0. The number of carbonyl (C=O) groups is 1. The van der Waals surface area contributed by atoms with E-state index in [1.54, 1.807) is 7.05 Å². The number of hydrogen-bond acceptors (Lipinski definition) is 3. The highest BCUT2D eigenvalue weighted by Crippen LogP contribution is 2.16. The number of aliphatic imine (C=N–C) groups is 1. The molecule has 0 radical (unpaired) electrons. The fraction of sp³-hybridized carbons (Fsp3) is 0.455. The van der Waals surface area contributed by atoms with Crippen molar-refractivity contribution in [3.05, 3.63) is 57.3 Å². The van der Waals surface area contributed by atoms with Gasteiger partial charge >= 0.3 is 0 Å². The van der Waals surface area contributed by atoms with E-state index < -0.39 is 0 Å². The minimum absolute atomic E-state index is 0. The summed E-state index contributed by atoms with van der Waals surface area (Å²) in [5, 5.41) is 6.79. The van der Waals surface area contributed by atoms with E-state index in [9.17, 15) is 4.79 Å². The van der Waals surface area contributed by atoms with Crippen LogP contribution in [-0.4, -0.2) is 42.9 Å². The van der Waals surface area contributed by atoms with Crippen molar-refractivity contribution in [2.24, 2.45) is 4.99 Å². The first-order valence-electron chi connectivity index (χ1n) is 9.87. The van der Waals surface area contributed by atoms with Crippen LogP contribution in [0.4, 0.5) is 0 Å². The first-order valence-corrected chi connectivity index (χ1v) is 10.7. The highest BCUT2D eigenvalue weighted by Gasteiger charge is 2.12. The van der Waals surface area contributed by atoms with Crippen LogP contribution in [0.25, 0.3) is 0 Å². The normalized spacial score (nSPS) is 12.1. The minimum atomic E-state index is 0. The first-order chi connectivity index (χ1) is 13.5. The Morgan fingerprint density at radius 1 is 1.14 bits per heavy atom. The maximum atomic E-state index is 12.4. The third kappa shape index (κ3) is 7.97. The number of guanidine groups is 1. The summed E-state index contributed by atoms with van der Waals surface area (Å²) in [5.74, 6) is 0.865. The van der Waals surface area contributed by atoms with Crippen LogP contribution in [0.2, 0.25) is 0 Å². The maximum absolute atomic E-state index is 12.4. The second-order valence-corrected chi connectivity index (χ2v) is 8.23. The average molecular weight is 529 g/mol. The molecule has 0 aliphatic heterocycles. The van der Waals surface area contributed by atoms with Gasteiger partial charge in [0.1, 0.15) is 0 Å². The molecule has 1 aromatic carbocycles. The van der Waals surface area contributed by atoms with Crippen molar-refractivity contribution >= 4 is 47.2 Å². The highest BCUT2D eigenvalue weighted by molar-refractivity contribution is 14.0. The predicted octanol–water partition coefficient (Wildman–Crippen LogP) is 4.45. The predicted molar refractivity (Wildman–Crippen MR) is 135 cm³/mol. The number of carbonyl (C=O) groups excluding carboxylic acids is 1. The number of nitrogens with zero attached hydrogens (tertiary/aromatic N) is 2. The van der Waals surface area contributed by atoms with E-state index in [1.165, 1.54) is 9.75 Å². The van der Waals surface area contributed by atoms with E-state index in [0.29, 0.717) is 12.6 Å². The SMILES string of the molecule is CCN(CC)C(=O)c1ccc(CNC(=NC)NC(C)Cc2ccc(C)s2)cc1.I. The van der Waals surface area contributed by atoms with Crippen LogP contribution in [0.3, 0.4) is 0 Å². The number of thiophene rings is 1. The van der Waals surface area contributed by atoms with E-state index >= 15 is 0 Å². The minimum Gasteiger partial charge on any atom is -0.354 e. The molecule has 0 bridgehead atoms. The lowest BCUT2D eigenvalue weighted by Crippen LogP contribution is -2.42. The van der Waals surface area contributed by atoms with Gasteiger partial charge in [-0.15, -0.1) is 35.3 Å². The fourth-order valence-electron chi connectivity index (χ4n) is 3.02. The van der Waals surface area contributed by atoms with Crippen molar-refractivity contribution in [1.82, 2.24) is 15.5 Å². The van der Waals surface area contributed by atoms with Crippen LogP contribution in [-0.2, 0) is 13.0 Å². The Balaban J connectivity index is 0.00000420. The third-order valence-electron chi connectivity index (χ3n) is 4.62. The van der Waals surface area contributed by atoms with Crippen molar-refractivity contribution < 1.29 is 4.79 Å². The Kier molecular flexibility index (Phi) is 11.3. The van der Waals surface area contributed by atoms with Crippen LogP contribution >= 0.6 is 35.3 Å². The molecule has 0 fully saturated rings. The zero-order chi connectivity index (χ0) is 20.5. The number of halogens is 1. The molecule has 1 heterocycles. The number of rotatable bonds is 8. The van der Waals surface area contributed by atoms with Gasteiger partial charge in [-0.05, 0) is 57.5 Å². The molecular formula is C22H33IN4OS. The Hall–Kier alpha value is -1.61. The molecule has 5 nitrogen and oxygen atoms in total. The molecular weight excluding hydrogens is 495 g/mol. The van der Waals surface area contributed by atoms with Crippen LogP contribution < -0.4 is 10.6 Å². The molecule has 1 aromatic heterocycles. The molecule has 0 aliphatic carbocycles. The topological polar surface area (TPSA) is 56.7 Å². The molecule has 0 aliphatic rings. The molecule has 1 atom stereocenters. The van der Waals surface area contributed by atoms with E-state index in [-0.39, 0.29) is 29.9 Å². The molecule has 2 rings (SSSR count).